The summed E-state index contributed by atoms with van der Waals surface area (Å²) in [5, 5.41) is 2.66. The minimum absolute atomic E-state index is 0.0847. The minimum atomic E-state index is -2.47. The average Bonchev–Trinajstić information content (AvgIpc) is 3.11. The van der Waals surface area contributed by atoms with Gasteiger partial charge in [-0.2, -0.15) is 0 Å². The van der Waals surface area contributed by atoms with Crippen molar-refractivity contribution < 1.29 is 18.3 Å². The van der Waals surface area contributed by atoms with Gasteiger partial charge in [0, 0.05) is 23.3 Å². The number of alkyl halides is 2. The second kappa shape index (κ2) is 6.47. The summed E-state index contributed by atoms with van der Waals surface area (Å²) in [6.07, 6.45) is 1.58. The molecule has 0 bridgehead atoms. The number of ether oxygens (including phenoxy) is 1. The number of halogens is 3. The summed E-state index contributed by atoms with van der Waals surface area (Å²) >= 11 is 3.35. The van der Waals surface area contributed by atoms with E-state index >= 15 is 0 Å². The number of nitrogens with one attached hydrogen (secondary N) is 1. The van der Waals surface area contributed by atoms with E-state index in [1.807, 2.05) is 10.8 Å². The standard InChI is InChI=1S/C12H15BrF2N2O2/c13-8-5-10(17(6-8)9-1-2-9)12(18)16-3-4-19-7-11(14)15/h5-6,9,11H,1-4,7H2,(H,16,18). The van der Waals surface area contributed by atoms with E-state index in [0.717, 1.165) is 17.3 Å². The fraction of sp³-hybridized carbons (Fsp3) is 0.583. The first kappa shape index (κ1) is 14.5. The number of carbonyl (C=O) groups is 1. The molecule has 1 aliphatic rings. The molecule has 2 rings (SSSR count). The molecular formula is C12H15BrF2N2O2. The van der Waals surface area contributed by atoms with Crippen molar-refractivity contribution in [2.75, 3.05) is 19.8 Å². The van der Waals surface area contributed by atoms with Gasteiger partial charge in [0.15, 0.2) is 0 Å². The van der Waals surface area contributed by atoms with E-state index in [9.17, 15) is 13.6 Å². The van der Waals surface area contributed by atoms with Crippen LogP contribution in [0.3, 0.4) is 0 Å². The number of hydrogen-bond acceptors (Lipinski definition) is 2. The third kappa shape index (κ3) is 4.28. The monoisotopic (exact) mass is 336 g/mol. The maximum absolute atomic E-state index is 12.0. The van der Waals surface area contributed by atoms with Crippen molar-refractivity contribution in [3.8, 4) is 0 Å². The molecule has 19 heavy (non-hydrogen) atoms. The molecule has 1 aromatic heterocycles. The van der Waals surface area contributed by atoms with Crippen LogP contribution in [0.2, 0.25) is 0 Å². The van der Waals surface area contributed by atoms with Crippen LogP contribution < -0.4 is 5.32 Å². The number of hydrogen-bond donors (Lipinski definition) is 1. The van der Waals surface area contributed by atoms with Gasteiger partial charge < -0.3 is 14.6 Å². The lowest BCUT2D eigenvalue weighted by molar-refractivity contribution is 0.0188. The molecule has 1 N–H and O–H groups in total. The van der Waals surface area contributed by atoms with Crippen LogP contribution in [0.4, 0.5) is 8.78 Å². The van der Waals surface area contributed by atoms with E-state index in [1.54, 1.807) is 6.07 Å². The van der Waals surface area contributed by atoms with Crippen LogP contribution in [0.1, 0.15) is 29.4 Å². The molecule has 0 aromatic carbocycles. The number of aromatic nitrogens is 1. The Hall–Kier alpha value is -0.950. The van der Waals surface area contributed by atoms with E-state index in [2.05, 4.69) is 21.2 Å². The average molecular weight is 337 g/mol. The smallest absolute Gasteiger partial charge is 0.268 e. The first-order valence-corrected chi connectivity index (χ1v) is 6.88. The van der Waals surface area contributed by atoms with Gasteiger partial charge in [0.05, 0.1) is 6.61 Å². The Labute approximate surface area is 118 Å². The van der Waals surface area contributed by atoms with Gasteiger partial charge in [-0.15, -0.1) is 0 Å². The van der Waals surface area contributed by atoms with E-state index in [0.29, 0.717) is 11.7 Å². The molecule has 4 nitrogen and oxygen atoms in total. The summed E-state index contributed by atoms with van der Waals surface area (Å²) in [5.74, 6) is -0.210. The lowest BCUT2D eigenvalue weighted by Crippen LogP contribution is -2.29. The number of carbonyl (C=O) groups excluding carboxylic acids is 1. The fourth-order valence-electron chi connectivity index (χ4n) is 1.78. The van der Waals surface area contributed by atoms with Crippen LogP contribution >= 0.6 is 15.9 Å². The molecule has 1 saturated carbocycles. The van der Waals surface area contributed by atoms with Crippen molar-refractivity contribution in [3.05, 3.63) is 22.4 Å². The van der Waals surface area contributed by atoms with Crippen LogP contribution in [-0.4, -0.2) is 36.7 Å². The Kier molecular flexibility index (Phi) is 4.93. The molecule has 0 radical (unpaired) electrons. The summed E-state index contributed by atoms with van der Waals surface area (Å²) < 4.78 is 31.1. The Morgan fingerprint density at radius 2 is 2.32 bits per heavy atom. The maximum Gasteiger partial charge on any atom is 0.268 e. The summed E-state index contributed by atoms with van der Waals surface area (Å²) in [4.78, 5) is 12.0. The van der Waals surface area contributed by atoms with Crippen LogP contribution in [0.15, 0.2) is 16.7 Å². The van der Waals surface area contributed by atoms with Gasteiger partial charge in [-0.1, -0.05) is 0 Å². The van der Waals surface area contributed by atoms with E-state index < -0.39 is 13.0 Å². The van der Waals surface area contributed by atoms with Crippen LogP contribution in [0.5, 0.6) is 0 Å². The van der Waals surface area contributed by atoms with Gasteiger partial charge in [0.2, 0.25) is 0 Å². The second-order valence-electron chi connectivity index (χ2n) is 4.40. The van der Waals surface area contributed by atoms with Crippen molar-refractivity contribution >= 4 is 21.8 Å². The zero-order valence-electron chi connectivity index (χ0n) is 10.2. The van der Waals surface area contributed by atoms with E-state index in [4.69, 9.17) is 4.74 Å². The molecule has 1 amide bonds. The van der Waals surface area contributed by atoms with Crippen molar-refractivity contribution in [2.45, 2.75) is 25.3 Å². The lowest BCUT2D eigenvalue weighted by Gasteiger charge is -2.08. The Balaban J connectivity index is 1.79. The van der Waals surface area contributed by atoms with Gasteiger partial charge in [0.1, 0.15) is 12.3 Å². The molecule has 0 unspecified atom stereocenters. The van der Waals surface area contributed by atoms with Gasteiger partial charge in [-0.3, -0.25) is 4.79 Å². The van der Waals surface area contributed by atoms with E-state index in [1.165, 1.54) is 0 Å². The predicted molar refractivity (Wildman–Crippen MR) is 69.6 cm³/mol. The minimum Gasteiger partial charge on any atom is -0.374 e. The highest BCUT2D eigenvalue weighted by Crippen LogP contribution is 2.37. The summed E-state index contributed by atoms with van der Waals surface area (Å²) in [6.45, 7) is -0.291. The van der Waals surface area contributed by atoms with E-state index in [-0.39, 0.29) is 19.1 Å². The highest BCUT2D eigenvalue weighted by Gasteiger charge is 2.27. The van der Waals surface area contributed by atoms with Gasteiger partial charge in [-0.25, -0.2) is 8.78 Å². The van der Waals surface area contributed by atoms with Gasteiger partial charge in [-0.05, 0) is 34.8 Å². The SMILES string of the molecule is O=C(NCCOCC(F)F)c1cc(Br)cn1C1CC1. The second-order valence-corrected chi connectivity index (χ2v) is 5.32. The van der Waals surface area contributed by atoms with Crippen molar-refractivity contribution in [1.82, 2.24) is 9.88 Å². The molecule has 1 fully saturated rings. The van der Waals surface area contributed by atoms with Crippen molar-refractivity contribution in [2.24, 2.45) is 0 Å². The third-order valence-electron chi connectivity index (χ3n) is 2.76. The summed E-state index contributed by atoms with van der Waals surface area (Å²) in [7, 11) is 0. The number of amides is 1. The molecule has 1 aromatic rings. The largest absolute Gasteiger partial charge is 0.374 e. The zero-order valence-corrected chi connectivity index (χ0v) is 11.8. The Morgan fingerprint density at radius 3 is 2.95 bits per heavy atom. The quantitative estimate of drug-likeness (QED) is 0.778. The van der Waals surface area contributed by atoms with Crippen molar-refractivity contribution in [1.29, 1.82) is 0 Å². The maximum atomic E-state index is 12.0. The molecule has 1 heterocycles. The van der Waals surface area contributed by atoms with Crippen LogP contribution in [0, 0.1) is 0 Å². The van der Waals surface area contributed by atoms with Gasteiger partial charge >= 0.3 is 0 Å². The molecular weight excluding hydrogens is 322 g/mol. The number of nitrogens with zero attached hydrogens (tertiary/aromatic N) is 1. The van der Waals surface area contributed by atoms with Gasteiger partial charge in [0.25, 0.3) is 12.3 Å². The Morgan fingerprint density at radius 1 is 1.58 bits per heavy atom. The summed E-state index contributed by atoms with van der Waals surface area (Å²) in [6, 6.07) is 2.16. The lowest BCUT2D eigenvalue weighted by atomic mass is 10.4. The molecule has 7 heteroatoms. The highest BCUT2D eigenvalue weighted by molar-refractivity contribution is 9.10. The Bertz CT molecular complexity index is 447. The predicted octanol–water partition coefficient (Wildman–Crippen LogP) is 2.60. The normalized spacial score (nSPS) is 14.9. The topological polar surface area (TPSA) is 43.3 Å². The fourth-order valence-corrected chi connectivity index (χ4v) is 2.22. The highest BCUT2D eigenvalue weighted by atomic mass is 79.9. The molecule has 0 aliphatic heterocycles. The molecule has 106 valence electrons. The van der Waals surface area contributed by atoms with Crippen molar-refractivity contribution in [3.63, 3.8) is 0 Å². The van der Waals surface area contributed by atoms with Crippen LogP contribution in [0.25, 0.3) is 0 Å². The number of rotatable bonds is 7. The summed E-state index contributed by atoms with van der Waals surface area (Å²) in [5.41, 5.74) is 0.586. The first-order valence-electron chi connectivity index (χ1n) is 6.09. The zero-order chi connectivity index (χ0) is 13.8. The molecule has 0 saturated heterocycles. The molecule has 1 aliphatic carbocycles. The third-order valence-corrected chi connectivity index (χ3v) is 3.20. The molecule has 0 spiro atoms. The van der Waals surface area contributed by atoms with Crippen LogP contribution in [-0.2, 0) is 4.74 Å². The first-order chi connectivity index (χ1) is 9.08. The molecule has 0 atom stereocenters.